The van der Waals surface area contributed by atoms with Gasteiger partial charge in [-0.3, -0.25) is 4.90 Å². The third kappa shape index (κ3) is 2.68. The van der Waals surface area contributed by atoms with Crippen molar-refractivity contribution >= 4 is 5.69 Å². The summed E-state index contributed by atoms with van der Waals surface area (Å²) < 4.78 is 54.8. The molecule has 1 aliphatic heterocycles. The Morgan fingerprint density at radius 3 is 2.40 bits per heavy atom. The van der Waals surface area contributed by atoms with Crippen molar-refractivity contribution in [3.05, 3.63) is 65.5 Å². The average molecular weight is 350 g/mol. The standard InChI is InChI=1S/C19H18F4N2/c20-15-7-4-8-16-17(15)19(14-9-10-14,13-5-2-1-3-6-13)25(12-24-16)11-18(21,22)23/h1-8,14,24H,9-12H2. The number of nitrogens with zero attached hydrogens (tertiary/aromatic N) is 1. The fraction of sp³-hybridized carbons (Fsp3) is 0.368. The molecule has 25 heavy (non-hydrogen) atoms. The molecular formula is C19H18F4N2. The van der Waals surface area contributed by atoms with Crippen molar-refractivity contribution < 1.29 is 17.6 Å². The second-order valence-corrected chi connectivity index (χ2v) is 6.72. The molecule has 1 aliphatic carbocycles. The van der Waals surface area contributed by atoms with Crippen molar-refractivity contribution in [2.45, 2.75) is 24.6 Å². The van der Waals surface area contributed by atoms with Gasteiger partial charge in [0.1, 0.15) is 5.82 Å². The zero-order valence-corrected chi connectivity index (χ0v) is 13.5. The van der Waals surface area contributed by atoms with Crippen LogP contribution in [0, 0.1) is 11.7 Å². The van der Waals surface area contributed by atoms with Crippen molar-refractivity contribution in [1.82, 2.24) is 4.90 Å². The fourth-order valence-electron chi connectivity index (χ4n) is 4.14. The maximum atomic E-state index is 14.9. The van der Waals surface area contributed by atoms with E-state index in [0.717, 1.165) is 18.4 Å². The van der Waals surface area contributed by atoms with Gasteiger partial charge in [0.2, 0.25) is 0 Å². The monoisotopic (exact) mass is 350 g/mol. The Balaban J connectivity index is 1.98. The highest BCUT2D eigenvalue weighted by molar-refractivity contribution is 5.61. The number of hydrogen-bond acceptors (Lipinski definition) is 2. The van der Waals surface area contributed by atoms with Gasteiger partial charge in [-0.25, -0.2) is 4.39 Å². The lowest BCUT2D eigenvalue weighted by molar-refractivity contribution is -0.159. The summed E-state index contributed by atoms with van der Waals surface area (Å²) in [5.41, 5.74) is 0.533. The van der Waals surface area contributed by atoms with E-state index >= 15 is 0 Å². The maximum absolute atomic E-state index is 14.9. The molecule has 132 valence electrons. The Morgan fingerprint density at radius 2 is 1.76 bits per heavy atom. The first kappa shape index (κ1) is 16.4. The number of anilines is 1. The highest BCUT2D eigenvalue weighted by Gasteiger charge is 2.57. The van der Waals surface area contributed by atoms with Crippen LogP contribution in [0.2, 0.25) is 0 Å². The quantitative estimate of drug-likeness (QED) is 0.806. The maximum Gasteiger partial charge on any atom is 0.401 e. The lowest BCUT2D eigenvalue weighted by Crippen LogP contribution is -2.57. The van der Waals surface area contributed by atoms with Gasteiger partial charge in [-0.2, -0.15) is 13.2 Å². The lowest BCUT2D eigenvalue weighted by atomic mass is 9.75. The molecule has 0 spiro atoms. The summed E-state index contributed by atoms with van der Waals surface area (Å²) in [7, 11) is 0. The van der Waals surface area contributed by atoms with Gasteiger partial charge in [0.05, 0.1) is 18.8 Å². The van der Waals surface area contributed by atoms with Crippen molar-refractivity contribution in [3.8, 4) is 0 Å². The Labute approximate surface area is 143 Å². The molecule has 0 amide bonds. The molecule has 1 atom stereocenters. The second-order valence-electron chi connectivity index (χ2n) is 6.72. The number of nitrogens with one attached hydrogen (secondary N) is 1. The van der Waals surface area contributed by atoms with Crippen molar-refractivity contribution in [3.63, 3.8) is 0 Å². The topological polar surface area (TPSA) is 15.3 Å². The molecule has 1 saturated carbocycles. The van der Waals surface area contributed by atoms with Gasteiger partial charge in [0.15, 0.2) is 0 Å². The predicted molar refractivity (Wildman–Crippen MR) is 87.6 cm³/mol. The van der Waals surface area contributed by atoms with Gasteiger partial charge < -0.3 is 5.32 Å². The Bertz CT molecular complexity index is 771. The van der Waals surface area contributed by atoms with E-state index in [-0.39, 0.29) is 12.6 Å². The normalized spacial score (nSPS) is 23.8. The molecule has 0 bridgehead atoms. The molecule has 1 heterocycles. The van der Waals surface area contributed by atoms with E-state index in [9.17, 15) is 17.6 Å². The van der Waals surface area contributed by atoms with Gasteiger partial charge in [-0.05, 0) is 36.5 Å². The van der Waals surface area contributed by atoms with Crippen LogP contribution in [0.5, 0.6) is 0 Å². The molecule has 1 fully saturated rings. The summed E-state index contributed by atoms with van der Waals surface area (Å²) in [4.78, 5) is 1.35. The summed E-state index contributed by atoms with van der Waals surface area (Å²) in [6.07, 6.45) is -2.78. The average Bonchev–Trinajstić information content (AvgIpc) is 3.40. The van der Waals surface area contributed by atoms with E-state index in [1.165, 1.54) is 11.0 Å². The Kier molecular flexibility index (Phi) is 3.76. The van der Waals surface area contributed by atoms with Crippen molar-refractivity contribution in [2.24, 2.45) is 5.92 Å². The van der Waals surface area contributed by atoms with E-state index in [2.05, 4.69) is 5.32 Å². The van der Waals surface area contributed by atoms with Crippen LogP contribution in [0.15, 0.2) is 48.5 Å². The van der Waals surface area contributed by atoms with Crippen LogP contribution >= 0.6 is 0 Å². The number of halogens is 4. The van der Waals surface area contributed by atoms with Crippen LogP contribution in [0.1, 0.15) is 24.0 Å². The number of rotatable bonds is 3. The molecule has 0 aromatic heterocycles. The first-order valence-electron chi connectivity index (χ1n) is 8.33. The van der Waals surface area contributed by atoms with E-state index in [0.29, 0.717) is 11.3 Å². The van der Waals surface area contributed by atoms with Crippen LogP contribution in [0.4, 0.5) is 23.2 Å². The number of fused-ring (bicyclic) bond motifs is 1. The van der Waals surface area contributed by atoms with Crippen LogP contribution in [-0.2, 0) is 5.54 Å². The zero-order valence-electron chi connectivity index (χ0n) is 13.5. The molecule has 2 nitrogen and oxygen atoms in total. The van der Waals surface area contributed by atoms with Crippen molar-refractivity contribution in [1.29, 1.82) is 0 Å². The number of alkyl halides is 3. The minimum Gasteiger partial charge on any atom is -0.372 e. The highest BCUT2D eigenvalue weighted by Crippen LogP contribution is 2.57. The van der Waals surface area contributed by atoms with Crippen LogP contribution in [0.3, 0.4) is 0 Å². The molecule has 0 radical (unpaired) electrons. The smallest absolute Gasteiger partial charge is 0.372 e. The first-order chi connectivity index (χ1) is 11.9. The molecule has 4 rings (SSSR count). The van der Waals surface area contributed by atoms with Crippen molar-refractivity contribution in [2.75, 3.05) is 18.5 Å². The Morgan fingerprint density at radius 1 is 1.04 bits per heavy atom. The summed E-state index contributed by atoms with van der Waals surface area (Å²) in [5.74, 6) is -0.498. The van der Waals surface area contributed by atoms with E-state index in [1.54, 1.807) is 24.3 Å². The fourth-order valence-corrected chi connectivity index (χ4v) is 4.14. The third-order valence-corrected chi connectivity index (χ3v) is 5.11. The van der Waals surface area contributed by atoms with Crippen LogP contribution < -0.4 is 5.32 Å². The predicted octanol–water partition coefficient (Wildman–Crippen LogP) is 4.73. The van der Waals surface area contributed by atoms with Gasteiger partial charge in [-0.1, -0.05) is 36.4 Å². The largest absolute Gasteiger partial charge is 0.401 e. The van der Waals surface area contributed by atoms with Gasteiger partial charge in [0, 0.05) is 11.3 Å². The third-order valence-electron chi connectivity index (χ3n) is 5.11. The minimum atomic E-state index is -4.36. The molecule has 2 aromatic rings. The summed E-state index contributed by atoms with van der Waals surface area (Å²) in [6, 6.07) is 13.7. The second kappa shape index (κ2) is 5.73. The molecule has 1 N–H and O–H groups in total. The Hall–Kier alpha value is -2.08. The summed E-state index contributed by atoms with van der Waals surface area (Å²) in [6.45, 7) is -1.06. The van der Waals surface area contributed by atoms with Gasteiger partial charge in [0.25, 0.3) is 0 Å². The molecular weight excluding hydrogens is 332 g/mol. The molecule has 0 saturated heterocycles. The zero-order chi connectivity index (χ0) is 17.7. The summed E-state index contributed by atoms with van der Waals surface area (Å²) in [5, 5.41) is 2.97. The number of benzene rings is 2. The number of hydrogen-bond donors (Lipinski definition) is 1. The SMILES string of the molecule is Fc1cccc2c1C(c1ccccc1)(C1CC1)N(CC(F)(F)F)CN2. The van der Waals surface area contributed by atoms with E-state index in [4.69, 9.17) is 0 Å². The minimum absolute atomic E-state index is 0.0291. The van der Waals surface area contributed by atoms with Gasteiger partial charge in [-0.15, -0.1) is 0 Å². The lowest BCUT2D eigenvalue weighted by Gasteiger charge is -2.49. The van der Waals surface area contributed by atoms with E-state index < -0.39 is 24.1 Å². The first-order valence-corrected chi connectivity index (χ1v) is 8.33. The molecule has 6 heteroatoms. The molecule has 2 aliphatic rings. The van der Waals surface area contributed by atoms with Crippen LogP contribution in [0.25, 0.3) is 0 Å². The van der Waals surface area contributed by atoms with Gasteiger partial charge >= 0.3 is 6.18 Å². The van der Waals surface area contributed by atoms with E-state index in [1.807, 2.05) is 18.2 Å². The molecule has 2 aromatic carbocycles. The molecule has 1 unspecified atom stereocenters. The highest BCUT2D eigenvalue weighted by atomic mass is 19.4. The summed E-state index contributed by atoms with van der Waals surface area (Å²) >= 11 is 0. The van der Waals surface area contributed by atoms with Crippen LogP contribution in [-0.4, -0.2) is 24.3 Å².